The van der Waals surface area contributed by atoms with Crippen LogP contribution in [0.4, 0.5) is 0 Å². The third-order valence-electron chi connectivity index (χ3n) is 2.78. The third kappa shape index (κ3) is 4.25. The van der Waals surface area contributed by atoms with E-state index in [-0.39, 0.29) is 25.1 Å². The molecule has 1 aromatic heterocycles. The van der Waals surface area contributed by atoms with E-state index in [4.69, 9.17) is 14.3 Å². The number of benzene rings is 1. The zero-order valence-electron chi connectivity index (χ0n) is 19.0. The molecule has 0 aliphatic rings. The number of aromatic nitrogens is 1. The molecule has 0 N–H and O–H groups in total. The van der Waals surface area contributed by atoms with E-state index in [9.17, 15) is 9.59 Å². The fraction of sp³-hybridized carbons (Fsp3) is 0.278. The molecule has 0 aliphatic heterocycles. The second-order valence-corrected chi connectivity index (χ2v) is 4.40. The second kappa shape index (κ2) is 7.50. The summed E-state index contributed by atoms with van der Waals surface area (Å²) >= 11 is 0. The number of aryl methyl sites for hydroxylation is 1. The first-order chi connectivity index (χ1) is 13.5. The fourth-order valence-corrected chi connectivity index (χ4v) is 1.76. The normalized spacial score (nSPS) is 15.4. The van der Waals surface area contributed by atoms with Gasteiger partial charge in [-0.25, -0.2) is 4.98 Å². The first kappa shape index (κ1) is 8.83. The van der Waals surface area contributed by atoms with Gasteiger partial charge in [-0.3, -0.25) is 9.59 Å². The molecule has 0 unspecified atom stereocenters. The minimum absolute atomic E-state index is 0.0624. The molecule has 4 nitrogen and oxygen atoms in total. The van der Waals surface area contributed by atoms with E-state index in [1.807, 2.05) is 0 Å². The van der Waals surface area contributed by atoms with Crippen LogP contribution in [0.25, 0.3) is 0 Å². The van der Waals surface area contributed by atoms with Crippen LogP contribution in [0.5, 0.6) is 0 Å². The number of hydrogen-bond acceptors (Lipinski definition) is 4. The van der Waals surface area contributed by atoms with E-state index in [1.165, 1.54) is 12.1 Å². The lowest BCUT2D eigenvalue weighted by Crippen LogP contribution is -2.08. The van der Waals surface area contributed by atoms with E-state index in [0.717, 1.165) is 0 Å². The smallest absolute Gasteiger partial charge is 0.306 e. The Morgan fingerprint density at radius 1 is 1.27 bits per heavy atom. The van der Waals surface area contributed by atoms with E-state index in [0.29, 0.717) is 5.69 Å². The largest absolute Gasteiger partial charge is 0.466 e. The van der Waals surface area contributed by atoms with Gasteiger partial charge in [0.25, 0.3) is 0 Å². The van der Waals surface area contributed by atoms with Gasteiger partial charge in [0.2, 0.25) is 5.78 Å². The molecule has 1 aromatic carbocycles. The predicted molar refractivity (Wildman–Crippen MR) is 83.8 cm³/mol. The molecule has 0 fully saturated rings. The van der Waals surface area contributed by atoms with Crippen LogP contribution in [0.3, 0.4) is 0 Å². The van der Waals surface area contributed by atoms with Gasteiger partial charge in [0.05, 0.1) is 18.5 Å². The van der Waals surface area contributed by atoms with Crippen molar-refractivity contribution in [2.24, 2.45) is 0 Å². The molecule has 0 saturated heterocycles. The molecule has 0 atom stereocenters. The maximum absolute atomic E-state index is 12.8. The molecule has 1 heterocycles. The molecular weight excluding hydrogens is 278 g/mol. The van der Waals surface area contributed by atoms with E-state index in [1.54, 1.807) is 13.0 Å². The third-order valence-corrected chi connectivity index (χ3v) is 2.78. The molecule has 0 spiro atoms. The van der Waals surface area contributed by atoms with Crippen molar-refractivity contribution in [2.75, 3.05) is 6.61 Å². The predicted octanol–water partition coefficient (Wildman–Crippen LogP) is 3.12. The molecule has 0 amide bonds. The summed E-state index contributed by atoms with van der Waals surface area (Å²) in [7, 11) is 0. The summed E-state index contributed by atoms with van der Waals surface area (Å²) in [4.78, 5) is 28.5. The number of hydrogen-bond donors (Lipinski definition) is 0. The molecular formula is C18H19NO3. The summed E-state index contributed by atoms with van der Waals surface area (Å²) in [5.74, 6) is -1.28. The van der Waals surface area contributed by atoms with Crippen molar-refractivity contribution in [3.8, 4) is 0 Å². The lowest BCUT2D eigenvalue weighted by atomic mass is 10.1. The minimum atomic E-state index is -2.85. The lowest BCUT2D eigenvalue weighted by Gasteiger charge is -2.05. The Kier molecular flexibility index (Phi) is 3.01. The highest BCUT2D eigenvalue weighted by atomic mass is 16.5. The Balaban J connectivity index is 2.43. The maximum atomic E-state index is 12.8. The Morgan fingerprint density at radius 2 is 2.05 bits per heavy atom. The van der Waals surface area contributed by atoms with E-state index >= 15 is 0 Å². The number of ketones is 1. The molecule has 22 heavy (non-hydrogen) atoms. The van der Waals surface area contributed by atoms with Crippen LogP contribution >= 0.6 is 0 Å². The van der Waals surface area contributed by atoms with Gasteiger partial charge in [0, 0.05) is 21.8 Å². The average Bonchev–Trinajstić information content (AvgIpc) is 2.64. The maximum Gasteiger partial charge on any atom is 0.306 e. The van der Waals surface area contributed by atoms with Crippen LogP contribution in [0.15, 0.2) is 42.4 Å². The topological polar surface area (TPSA) is 56.3 Å². The average molecular weight is 304 g/mol. The molecule has 4 heteroatoms. The second-order valence-electron chi connectivity index (χ2n) is 4.40. The van der Waals surface area contributed by atoms with Crippen LogP contribution < -0.4 is 0 Å². The zero-order valence-corrected chi connectivity index (χ0v) is 12.0. The van der Waals surface area contributed by atoms with Gasteiger partial charge in [-0.2, -0.15) is 0 Å². The van der Waals surface area contributed by atoms with Crippen LogP contribution in [-0.4, -0.2) is 23.3 Å². The first-order valence-electron chi connectivity index (χ1n) is 10.3. The van der Waals surface area contributed by atoms with Crippen molar-refractivity contribution in [1.29, 1.82) is 0 Å². The summed E-state index contributed by atoms with van der Waals surface area (Å²) in [5, 5.41) is 0. The summed E-state index contributed by atoms with van der Waals surface area (Å²) in [5.41, 5.74) is -1.00. The van der Waals surface area contributed by atoms with Crippen molar-refractivity contribution in [2.45, 2.75) is 26.6 Å². The monoisotopic (exact) mass is 304 g/mol. The van der Waals surface area contributed by atoms with Gasteiger partial charge in [-0.1, -0.05) is 35.8 Å². The van der Waals surface area contributed by atoms with Crippen LogP contribution in [-0.2, 0) is 16.0 Å². The Morgan fingerprint density at radius 3 is 2.73 bits per heavy atom. The van der Waals surface area contributed by atoms with Gasteiger partial charge >= 0.3 is 5.97 Å². The van der Waals surface area contributed by atoms with Crippen molar-refractivity contribution < 1.29 is 23.9 Å². The Labute approximate surface area is 140 Å². The highest BCUT2D eigenvalue weighted by Crippen LogP contribution is 2.11. The lowest BCUT2D eigenvalue weighted by molar-refractivity contribution is -0.143. The number of esters is 1. The van der Waals surface area contributed by atoms with Gasteiger partial charge in [0.15, 0.2) is 0 Å². The number of carbonyl (C=O) groups is 2. The van der Waals surface area contributed by atoms with E-state index in [2.05, 4.69) is 4.98 Å². The zero-order chi connectivity index (χ0) is 21.9. The van der Waals surface area contributed by atoms with Gasteiger partial charge < -0.3 is 4.74 Å². The van der Waals surface area contributed by atoms with Gasteiger partial charge in [-0.05, 0) is 25.9 Å². The summed E-state index contributed by atoms with van der Waals surface area (Å²) in [6, 6.07) is 1.43. The minimum Gasteiger partial charge on any atom is -0.466 e. The number of pyridine rings is 1. The molecule has 0 saturated carbocycles. The van der Waals surface area contributed by atoms with Crippen LogP contribution in [0.1, 0.15) is 50.2 Å². The van der Waals surface area contributed by atoms with Crippen molar-refractivity contribution in [3.05, 3.63) is 64.9 Å². The van der Waals surface area contributed by atoms with Gasteiger partial charge in [0.1, 0.15) is 5.69 Å². The molecule has 0 bridgehead atoms. The Bertz CT molecular complexity index is 928. The summed E-state index contributed by atoms with van der Waals surface area (Å²) in [6.45, 7) is -0.919. The molecule has 0 radical (unpaired) electrons. The molecule has 0 aliphatic carbocycles. The van der Waals surface area contributed by atoms with E-state index < -0.39 is 53.9 Å². The highest BCUT2D eigenvalue weighted by Gasteiger charge is 2.11. The van der Waals surface area contributed by atoms with Crippen molar-refractivity contribution in [1.82, 2.24) is 4.98 Å². The quantitative estimate of drug-likeness (QED) is 0.608. The molecule has 2 rings (SSSR count). The standard InChI is InChI=1S/C18H19NO3/c1-3-22-17(20)12-11-15-5-4-6-16(19-15)18(21)14-9-7-13(2)8-10-14/h4-10H,3,11-12H2,1-2H3/i2D3,7D,8D,9D,10D. The Hall–Kier alpha value is -2.49. The SMILES string of the molecule is [2H]c1c([2H])c(C([2H])([2H])[2H])c([2H])c([2H])c1C(=O)c1cccc(CCC(=O)OCC)n1. The number of carbonyl (C=O) groups excluding carboxylic acids is 2. The summed E-state index contributed by atoms with van der Waals surface area (Å²) < 4.78 is 58.9. The van der Waals surface area contributed by atoms with Crippen molar-refractivity contribution >= 4 is 11.8 Å². The molecule has 114 valence electrons. The van der Waals surface area contributed by atoms with Crippen LogP contribution in [0, 0.1) is 6.85 Å². The molecule has 2 aromatic rings. The van der Waals surface area contributed by atoms with Crippen LogP contribution in [0.2, 0.25) is 0 Å². The number of rotatable bonds is 6. The first-order valence-corrected chi connectivity index (χ1v) is 6.76. The van der Waals surface area contributed by atoms with Crippen molar-refractivity contribution in [3.63, 3.8) is 0 Å². The number of ether oxygens (including phenoxy) is 1. The summed E-state index contributed by atoms with van der Waals surface area (Å²) in [6.07, 6.45) is 0.277. The highest BCUT2D eigenvalue weighted by molar-refractivity contribution is 6.07. The fourth-order valence-electron chi connectivity index (χ4n) is 1.76. The van der Waals surface area contributed by atoms with Gasteiger partial charge in [-0.15, -0.1) is 0 Å². The number of nitrogens with zero attached hydrogens (tertiary/aromatic N) is 1.